The molecule has 0 N–H and O–H groups in total. The molecule has 0 amide bonds. The van der Waals surface area contributed by atoms with Crippen molar-refractivity contribution >= 4 is 35.3 Å². The van der Waals surface area contributed by atoms with E-state index in [0.29, 0.717) is 10.7 Å². The van der Waals surface area contributed by atoms with E-state index in [1.165, 1.54) is 6.21 Å². The highest BCUT2D eigenvalue weighted by molar-refractivity contribution is 7.98. The Morgan fingerprint density at radius 3 is 2.22 bits per heavy atom. The summed E-state index contributed by atoms with van der Waals surface area (Å²) in [6, 6.07) is 14.6. The molecule has 2 aromatic rings. The standard InChI is InChI=1S/C14H12ClNOS/c1-18-14-8-6-13(7-9-14)16(17)10-11-2-4-12(15)5-3-11/h2-10H,1H3/b16-10-. The van der Waals surface area contributed by atoms with E-state index in [1.54, 1.807) is 23.9 Å². The molecular weight excluding hydrogens is 266 g/mol. The molecule has 2 nitrogen and oxygen atoms in total. The van der Waals surface area contributed by atoms with Gasteiger partial charge in [-0.2, -0.15) is 4.74 Å². The first-order valence-electron chi connectivity index (χ1n) is 5.40. The van der Waals surface area contributed by atoms with E-state index in [9.17, 15) is 5.21 Å². The van der Waals surface area contributed by atoms with E-state index in [0.717, 1.165) is 15.2 Å². The molecule has 92 valence electrons. The van der Waals surface area contributed by atoms with Crippen molar-refractivity contribution in [2.24, 2.45) is 0 Å². The summed E-state index contributed by atoms with van der Waals surface area (Å²) in [6.07, 6.45) is 3.54. The summed E-state index contributed by atoms with van der Waals surface area (Å²) in [6.45, 7) is 0. The average Bonchev–Trinajstić information content (AvgIpc) is 2.41. The van der Waals surface area contributed by atoms with Gasteiger partial charge in [-0.15, -0.1) is 11.8 Å². The Hall–Kier alpha value is -1.45. The van der Waals surface area contributed by atoms with Crippen LogP contribution in [0.2, 0.25) is 5.02 Å². The van der Waals surface area contributed by atoms with Gasteiger partial charge in [-0.3, -0.25) is 0 Å². The molecule has 0 spiro atoms. The van der Waals surface area contributed by atoms with Crippen molar-refractivity contribution in [1.82, 2.24) is 0 Å². The Morgan fingerprint density at radius 1 is 1.06 bits per heavy atom. The Labute approximate surface area is 115 Å². The molecule has 0 saturated carbocycles. The number of nitrogens with zero attached hydrogens (tertiary/aromatic N) is 1. The van der Waals surface area contributed by atoms with Gasteiger partial charge in [-0.25, -0.2) is 0 Å². The number of halogens is 1. The average molecular weight is 278 g/mol. The van der Waals surface area contributed by atoms with Crippen LogP contribution in [0.15, 0.2) is 53.4 Å². The normalized spacial score (nSPS) is 11.6. The molecule has 0 atom stereocenters. The maximum absolute atomic E-state index is 11.9. The predicted molar refractivity (Wildman–Crippen MR) is 78.1 cm³/mol. The zero-order chi connectivity index (χ0) is 13.0. The molecular formula is C14H12ClNOS. The van der Waals surface area contributed by atoms with Crippen molar-refractivity contribution in [3.8, 4) is 0 Å². The van der Waals surface area contributed by atoms with Crippen molar-refractivity contribution < 1.29 is 4.74 Å². The van der Waals surface area contributed by atoms with Crippen LogP contribution < -0.4 is 0 Å². The summed E-state index contributed by atoms with van der Waals surface area (Å²) in [5.74, 6) is 0. The summed E-state index contributed by atoms with van der Waals surface area (Å²) in [4.78, 5) is 1.14. The van der Waals surface area contributed by atoms with Crippen LogP contribution in [0.3, 0.4) is 0 Å². The molecule has 0 aliphatic carbocycles. The summed E-state index contributed by atoms with van der Waals surface area (Å²) >= 11 is 7.44. The topological polar surface area (TPSA) is 26.1 Å². The van der Waals surface area contributed by atoms with Crippen LogP contribution in [0.4, 0.5) is 5.69 Å². The van der Waals surface area contributed by atoms with Gasteiger partial charge >= 0.3 is 0 Å². The summed E-state index contributed by atoms with van der Waals surface area (Å²) < 4.78 is 0.855. The van der Waals surface area contributed by atoms with E-state index in [4.69, 9.17) is 11.6 Å². The van der Waals surface area contributed by atoms with Crippen LogP contribution in [0.5, 0.6) is 0 Å². The van der Waals surface area contributed by atoms with Gasteiger partial charge in [0.2, 0.25) is 5.69 Å². The third kappa shape index (κ3) is 3.28. The SMILES string of the molecule is CSc1ccc(/[N+]([O-])=C/c2ccc(Cl)cc2)cc1. The Kier molecular flexibility index (Phi) is 4.28. The second-order valence-corrected chi connectivity index (χ2v) is 5.02. The molecule has 0 radical (unpaired) electrons. The molecule has 0 aliphatic rings. The number of thioether (sulfide) groups is 1. The molecule has 18 heavy (non-hydrogen) atoms. The Morgan fingerprint density at radius 2 is 1.67 bits per heavy atom. The van der Waals surface area contributed by atoms with E-state index < -0.39 is 0 Å². The third-order valence-electron chi connectivity index (χ3n) is 2.46. The first kappa shape index (κ1) is 13.0. The van der Waals surface area contributed by atoms with Gasteiger partial charge in [0.25, 0.3) is 0 Å². The molecule has 0 aromatic heterocycles. The molecule has 2 aromatic carbocycles. The maximum Gasteiger partial charge on any atom is 0.216 e. The Bertz CT molecular complexity index is 549. The van der Waals surface area contributed by atoms with Gasteiger partial charge in [-0.05, 0) is 42.7 Å². The molecule has 0 heterocycles. The molecule has 2 rings (SSSR count). The van der Waals surface area contributed by atoms with Gasteiger partial charge in [0.05, 0.1) is 0 Å². The first-order chi connectivity index (χ1) is 8.69. The first-order valence-corrected chi connectivity index (χ1v) is 7.00. The fraction of sp³-hybridized carbons (Fsp3) is 0.0714. The fourth-order valence-electron chi connectivity index (χ4n) is 1.49. The molecule has 0 aliphatic heterocycles. The molecule has 0 bridgehead atoms. The highest BCUT2D eigenvalue weighted by atomic mass is 35.5. The zero-order valence-electron chi connectivity index (χ0n) is 9.84. The summed E-state index contributed by atoms with van der Waals surface area (Å²) in [5, 5.41) is 12.6. The zero-order valence-corrected chi connectivity index (χ0v) is 11.4. The van der Waals surface area contributed by atoms with Crippen LogP contribution in [0.1, 0.15) is 5.56 Å². The van der Waals surface area contributed by atoms with E-state index >= 15 is 0 Å². The monoisotopic (exact) mass is 277 g/mol. The van der Waals surface area contributed by atoms with Crippen molar-refractivity contribution in [2.75, 3.05) is 6.26 Å². The van der Waals surface area contributed by atoms with Crippen LogP contribution in [-0.4, -0.2) is 17.2 Å². The third-order valence-corrected chi connectivity index (χ3v) is 3.46. The van der Waals surface area contributed by atoms with Crippen LogP contribution in [-0.2, 0) is 0 Å². The number of hydrogen-bond donors (Lipinski definition) is 0. The number of benzene rings is 2. The summed E-state index contributed by atoms with van der Waals surface area (Å²) in [7, 11) is 0. The highest BCUT2D eigenvalue weighted by Crippen LogP contribution is 2.19. The van der Waals surface area contributed by atoms with Crippen molar-refractivity contribution in [3.63, 3.8) is 0 Å². The second kappa shape index (κ2) is 5.94. The molecule has 0 unspecified atom stereocenters. The van der Waals surface area contributed by atoms with Gasteiger partial charge in [0, 0.05) is 27.6 Å². The number of hydrogen-bond acceptors (Lipinski definition) is 2. The second-order valence-electron chi connectivity index (χ2n) is 3.70. The van der Waals surface area contributed by atoms with Crippen LogP contribution in [0, 0.1) is 5.21 Å². The summed E-state index contributed by atoms with van der Waals surface area (Å²) in [5.41, 5.74) is 1.44. The van der Waals surface area contributed by atoms with E-state index in [-0.39, 0.29) is 0 Å². The minimum absolute atomic E-state index is 0.614. The van der Waals surface area contributed by atoms with Crippen LogP contribution >= 0.6 is 23.4 Å². The molecule has 0 fully saturated rings. The quantitative estimate of drug-likeness (QED) is 0.274. The van der Waals surface area contributed by atoms with Gasteiger partial charge in [0.15, 0.2) is 6.21 Å². The van der Waals surface area contributed by atoms with Gasteiger partial charge < -0.3 is 5.21 Å². The van der Waals surface area contributed by atoms with E-state index in [2.05, 4.69) is 0 Å². The smallest absolute Gasteiger partial charge is 0.216 e. The lowest BCUT2D eigenvalue weighted by Crippen LogP contribution is -1.98. The van der Waals surface area contributed by atoms with Gasteiger partial charge in [0.1, 0.15) is 0 Å². The van der Waals surface area contributed by atoms with Crippen molar-refractivity contribution in [2.45, 2.75) is 4.90 Å². The van der Waals surface area contributed by atoms with Crippen molar-refractivity contribution in [3.05, 3.63) is 64.3 Å². The fourth-order valence-corrected chi connectivity index (χ4v) is 2.02. The highest BCUT2D eigenvalue weighted by Gasteiger charge is 2.02. The minimum atomic E-state index is 0.614. The van der Waals surface area contributed by atoms with Crippen molar-refractivity contribution in [1.29, 1.82) is 0 Å². The van der Waals surface area contributed by atoms with Crippen LogP contribution in [0.25, 0.3) is 0 Å². The molecule has 0 saturated heterocycles. The van der Waals surface area contributed by atoms with E-state index in [1.807, 2.05) is 42.7 Å². The van der Waals surface area contributed by atoms with Gasteiger partial charge in [-0.1, -0.05) is 11.6 Å². The lowest BCUT2D eigenvalue weighted by atomic mass is 10.2. The lowest BCUT2D eigenvalue weighted by molar-refractivity contribution is -0.354. The predicted octanol–water partition coefficient (Wildman–Crippen LogP) is 4.32. The number of rotatable bonds is 3. The maximum atomic E-state index is 11.9. The minimum Gasteiger partial charge on any atom is -0.618 e. The molecule has 4 heteroatoms. The lowest BCUT2D eigenvalue weighted by Gasteiger charge is -2.03. The largest absolute Gasteiger partial charge is 0.618 e. The Balaban J connectivity index is 2.23.